The molecule has 6 heteroatoms. The Bertz CT molecular complexity index is 104. The van der Waals surface area contributed by atoms with Gasteiger partial charge in [0.1, 0.15) is 0 Å². The summed E-state index contributed by atoms with van der Waals surface area (Å²) in [5.41, 5.74) is 0. The fourth-order valence-corrected chi connectivity index (χ4v) is 0.341. The van der Waals surface area contributed by atoms with Gasteiger partial charge in [-0.05, 0) is 12.3 Å². The molecule has 0 bridgehead atoms. The van der Waals surface area contributed by atoms with Crippen LogP contribution in [0.25, 0.3) is 0 Å². The van der Waals surface area contributed by atoms with E-state index in [4.69, 9.17) is 11.6 Å². The van der Waals surface area contributed by atoms with E-state index in [-0.39, 0.29) is 0 Å². The van der Waals surface area contributed by atoms with Crippen molar-refractivity contribution in [3.63, 3.8) is 0 Å². The molecule has 0 aromatic heterocycles. The molecule has 1 atom stereocenters. The normalized spacial score (nSPS) is 15.4. The number of alkyl halides is 1. The second-order valence-electron chi connectivity index (χ2n) is 1.29. The first-order chi connectivity index (χ1) is 4.09. The van der Waals surface area contributed by atoms with Crippen molar-refractivity contribution in [2.45, 2.75) is 12.3 Å². The molecule has 54 valence electrons. The van der Waals surface area contributed by atoms with Crippen LogP contribution in [0.3, 0.4) is 0 Å². The highest BCUT2D eigenvalue weighted by Crippen LogP contribution is 2.04. The second kappa shape index (κ2) is 3.55. The van der Waals surface area contributed by atoms with E-state index < -0.39 is 16.6 Å². The van der Waals surface area contributed by atoms with Crippen molar-refractivity contribution in [2.24, 2.45) is 5.21 Å². The fourth-order valence-electron chi connectivity index (χ4n) is 0.230. The highest BCUT2D eigenvalue weighted by Gasteiger charge is 2.16. The van der Waals surface area contributed by atoms with Gasteiger partial charge in [0.2, 0.25) is 5.84 Å². The quantitative estimate of drug-likeness (QED) is 0.248. The lowest BCUT2D eigenvalue weighted by atomic mass is 10.4. The number of hydrogen-bond acceptors (Lipinski definition) is 1. The van der Waals surface area contributed by atoms with Crippen LogP contribution in [0.5, 0.6) is 0 Å². The molecule has 2 nitrogen and oxygen atoms in total. The van der Waals surface area contributed by atoms with Gasteiger partial charge in [0.05, 0.1) is 5.38 Å². The summed E-state index contributed by atoms with van der Waals surface area (Å²) in [5.74, 6) is -1.09. The topological polar surface area (TPSA) is 15.6 Å². The van der Waals surface area contributed by atoms with Crippen molar-refractivity contribution in [3.05, 3.63) is 0 Å². The van der Waals surface area contributed by atoms with Crippen LogP contribution < -0.4 is 0 Å². The smallest absolute Gasteiger partial charge is 0.114 e. The standard InChI is InChI=1S/C3H4ClF3N2/c1-2(4)3(8-5)9(6)7/h2H,1H3/b8-3-. The first kappa shape index (κ1) is 8.55. The Balaban J connectivity index is 4.01. The summed E-state index contributed by atoms with van der Waals surface area (Å²) in [6.45, 7) is 1.19. The van der Waals surface area contributed by atoms with Crippen molar-refractivity contribution in [3.8, 4) is 0 Å². The largest absolute Gasteiger partial charge is 0.220 e. The van der Waals surface area contributed by atoms with Crippen LogP contribution in [0.1, 0.15) is 6.92 Å². The second-order valence-corrected chi connectivity index (χ2v) is 1.95. The minimum atomic E-state index is -1.46. The zero-order valence-electron chi connectivity index (χ0n) is 4.48. The monoisotopic (exact) mass is 160 g/mol. The van der Waals surface area contributed by atoms with Gasteiger partial charge >= 0.3 is 0 Å². The minimum Gasteiger partial charge on any atom is -0.114 e. The van der Waals surface area contributed by atoms with Gasteiger partial charge in [0.15, 0.2) is 0 Å². The SMILES string of the molecule is CC(Cl)/C(=N/F)N(F)F. The first-order valence-corrected chi connectivity index (χ1v) is 2.47. The molecule has 0 saturated carbocycles. The molecule has 0 aromatic carbocycles. The molecule has 0 aromatic rings. The molecular weight excluding hydrogens is 156 g/mol. The summed E-state index contributed by atoms with van der Waals surface area (Å²) in [7, 11) is 0. The molecule has 9 heavy (non-hydrogen) atoms. The van der Waals surface area contributed by atoms with Gasteiger partial charge < -0.3 is 0 Å². The predicted molar refractivity (Wildman–Crippen MR) is 27.9 cm³/mol. The summed E-state index contributed by atoms with van der Waals surface area (Å²) in [5, 5.41) is -0.833. The summed E-state index contributed by atoms with van der Waals surface area (Å²) in [4.78, 5) is 0. The maximum Gasteiger partial charge on any atom is 0.220 e. The third-order valence-corrected chi connectivity index (χ3v) is 0.811. The molecule has 0 saturated heterocycles. The minimum absolute atomic E-state index is 1.09. The lowest BCUT2D eigenvalue weighted by Gasteiger charge is -2.03. The molecule has 0 aliphatic rings. The van der Waals surface area contributed by atoms with Crippen LogP contribution in [-0.2, 0) is 0 Å². The van der Waals surface area contributed by atoms with E-state index in [2.05, 4.69) is 0 Å². The fraction of sp³-hybridized carbons (Fsp3) is 0.667. The van der Waals surface area contributed by atoms with E-state index in [0.717, 1.165) is 0 Å². The van der Waals surface area contributed by atoms with Gasteiger partial charge in [-0.25, -0.2) is 0 Å². The molecule has 0 radical (unpaired) electrons. The lowest BCUT2D eigenvalue weighted by Crippen LogP contribution is -2.21. The van der Waals surface area contributed by atoms with Crippen LogP contribution in [-0.4, -0.2) is 16.6 Å². The van der Waals surface area contributed by atoms with Crippen molar-refractivity contribution in [1.82, 2.24) is 5.34 Å². The number of nitrogens with zero attached hydrogens (tertiary/aromatic N) is 2. The van der Waals surface area contributed by atoms with Gasteiger partial charge in [-0.15, -0.1) is 11.6 Å². The Labute approximate surface area is 54.7 Å². The maximum absolute atomic E-state index is 11.3. The maximum atomic E-state index is 11.3. The van der Waals surface area contributed by atoms with Crippen molar-refractivity contribution in [2.75, 3.05) is 0 Å². The third-order valence-electron chi connectivity index (χ3n) is 0.616. The molecule has 0 aliphatic heterocycles. The van der Waals surface area contributed by atoms with Gasteiger partial charge in [-0.1, -0.05) is 18.7 Å². The Morgan fingerprint density at radius 1 is 1.67 bits per heavy atom. The van der Waals surface area contributed by atoms with Crippen LogP contribution in [0.2, 0.25) is 0 Å². The molecule has 0 spiro atoms. The van der Waals surface area contributed by atoms with E-state index in [1.807, 2.05) is 0 Å². The molecule has 0 N–H and O–H groups in total. The molecule has 0 amide bonds. The summed E-state index contributed by atoms with van der Waals surface area (Å²) in [6.07, 6.45) is 0. The highest BCUT2D eigenvalue weighted by molar-refractivity contribution is 6.31. The van der Waals surface area contributed by atoms with Crippen molar-refractivity contribution < 1.29 is 13.4 Å². The van der Waals surface area contributed by atoms with Crippen LogP contribution in [0.4, 0.5) is 13.4 Å². The summed E-state index contributed by atoms with van der Waals surface area (Å²) in [6, 6.07) is 0. The molecule has 0 aliphatic carbocycles. The van der Waals surface area contributed by atoms with Crippen LogP contribution >= 0.6 is 11.6 Å². The zero-order chi connectivity index (χ0) is 7.44. The van der Waals surface area contributed by atoms with Gasteiger partial charge in [0, 0.05) is 0 Å². The van der Waals surface area contributed by atoms with Gasteiger partial charge in [0.25, 0.3) is 0 Å². The van der Waals surface area contributed by atoms with E-state index in [0.29, 0.717) is 0 Å². The summed E-state index contributed by atoms with van der Waals surface area (Å²) >= 11 is 5.05. The molecule has 0 rings (SSSR count). The van der Waals surface area contributed by atoms with Gasteiger partial charge in [-0.2, -0.15) is 0 Å². The molecular formula is C3H4ClF3N2. The number of amidine groups is 1. The Morgan fingerprint density at radius 2 is 2.11 bits per heavy atom. The molecule has 0 heterocycles. The number of hydrogen-bond donors (Lipinski definition) is 0. The molecule has 1 unspecified atom stereocenters. The lowest BCUT2D eigenvalue weighted by molar-refractivity contribution is -0.0770. The average molecular weight is 161 g/mol. The Hall–Kier alpha value is -0.450. The first-order valence-electron chi connectivity index (χ1n) is 2.04. The zero-order valence-corrected chi connectivity index (χ0v) is 5.24. The van der Waals surface area contributed by atoms with E-state index in [1.165, 1.54) is 6.92 Å². The van der Waals surface area contributed by atoms with E-state index in [1.54, 1.807) is 5.21 Å². The van der Waals surface area contributed by atoms with Crippen LogP contribution in [0.15, 0.2) is 5.21 Å². The van der Waals surface area contributed by atoms with Crippen molar-refractivity contribution >= 4 is 17.4 Å². The highest BCUT2D eigenvalue weighted by atomic mass is 35.5. The Kier molecular flexibility index (Phi) is 3.37. The summed E-state index contributed by atoms with van der Waals surface area (Å²) < 4.78 is 33.8. The number of rotatable bonds is 1. The average Bonchev–Trinajstić information content (AvgIpc) is 1.64. The van der Waals surface area contributed by atoms with Crippen molar-refractivity contribution in [1.29, 1.82) is 0 Å². The van der Waals surface area contributed by atoms with E-state index in [9.17, 15) is 13.4 Å². The predicted octanol–water partition coefficient (Wildman–Crippen LogP) is 1.97. The Morgan fingerprint density at radius 3 is 2.11 bits per heavy atom. The number of halogens is 4. The van der Waals surface area contributed by atoms with E-state index >= 15 is 0 Å². The third kappa shape index (κ3) is 2.55. The van der Waals surface area contributed by atoms with Gasteiger partial charge in [-0.3, -0.25) is 0 Å². The van der Waals surface area contributed by atoms with Crippen LogP contribution in [0, 0.1) is 0 Å². The molecule has 0 fully saturated rings.